The Labute approximate surface area is 111 Å². The van der Waals surface area contributed by atoms with Crippen molar-refractivity contribution in [1.82, 2.24) is 5.32 Å². The Bertz CT molecular complexity index is 200. The number of amides is 1. The molecule has 0 heterocycles. The van der Waals surface area contributed by atoms with E-state index in [0.29, 0.717) is 6.04 Å². The lowest BCUT2D eigenvalue weighted by atomic mass is 10.0. The summed E-state index contributed by atoms with van der Waals surface area (Å²) in [5, 5.41) is 12.6. The molecule has 4 heteroatoms. The van der Waals surface area contributed by atoms with E-state index < -0.39 is 12.0 Å². The predicted molar refractivity (Wildman–Crippen MR) is 75.3 cm³/mol. The summed E-state index contributed by atoms with van der Waals surface area (Å²) in [5.41, 5.74) is 5.04. The highest BCUT2D eigenvalue weighted by Gasteiger charge is 2.14. The van der Waals surface area contributed by atoms with Gasteiger partial charge in [0.25, 0.3) is 0 Å². The molecule has 1 unspecified atom stereocenters. The maximum Gasteiger partial charge on any atom is 0.247 e. The minimum Gasteiger partial charge on any atom is -0.382 e. The number of primary amides is 1. The van der Waals surface area contributed by atoms with Crippen LogP contribution < -0.4 is 11.1 Å². The lowest BCUT2D eigenvalue weighted by Crippen LogP contribution is -2.41. The van der Waals surface area contributed by atoms with Crippen LogP contribution in [0, 0.1) is 0 Å². The number of aliphatic hydroxyl groups is 1. The van der Waals surface area contributed by atoms with Gasteiger partial charge in [0.05, 0.1) is 0 Å². The van der Waals surface area contributed by atoms with Crippen molar-refractivity contribution in [2.45, 2.75) is 77.4 Å². The molecule has 18 heavy (non-hydrogen) atoms. The van der Waals surface area contributed by atoms with E-state index in [0.717, 1.165) is 12.8 Å². The molecule has 0 aromatic rings. The molecule has 0 spiro atoms. The number of carbonyl (C=O) groups is 1. The van der Waals surface area contributed by atoms with Gasteiger partial charge in [0, 0.05) is 12.6 Å². The highest BCUT2D eigenvalue weighted by molar-refractivity contribution is 5.78. The number of rotatable bonds is 12. The molecule has 4 nitrogen and oxygen atoms in total. The van der Waals surface area contributed by atoms with Crippen molar-refractivity contribution in [2.24, 2.45) is 5.73 Å². The predicted octanol–water partition coefficient (Wildman–Crippen LogP) is 1.95. The molecule has 0 bridgehead atoms. The molecule has 0 aliphatic heterocycles. The Balaban J connectivity index is 3.90. The largest absolute Gasteiger partial charge is 0.382 e. The molecule has 0 fully saturated rings. The van der Waals surface area contributed by atoms with Gasteiger partial charge in [-0.15, -0.1) is 0 Å². The quantitative estimate of drug-likeness (QED) is 0.468. The first-order valence-electron chi connectivity index (χ1n) is 7.32. The van der Waals surface area contributed by atoms with Crippen molar-refractivity contribution >= 4 is 5.91 Å². The van der Waals surface area contributed by atoms with E-state index in [1.165, 1.54) is 38.5 Å². The van der Waals surface area contributed by atoms with Crippen LogP contribution in [0.3, 0.4) is 0 Å². The van der Waals surface area contributed by atoms with Crippen LogP contribution in [0.5, 0.6) is 0 Å². The van der Waals surface area contributed by atoms with E-state index in [1.54, 1.807) is 0 Å². The first-order chi connectivity index (χ1) is 8.61. The summed E-state index contributed by atoms with van der Waals surface area (Å²) in [6.07, 6.45) is 8.47. The number of carbonyl (C=O) groups excluding carboxylic acids is 1. The van der Waals surface area contributed by atoms with Gasteiger partial charge in [-0.25, -0.2) is 0 Å². The Kier molecular flexibility index (Phi) is 11.1. The third-order valence-corrected chi connectivity index (χ3v) is 3.24. The molecule has 0 aliphatic carbocycles. The van der Waals surface area contributed by atoms with E-state index in [9.17, 15) is 9.90 Å². The molecule has 0 rings (SSSR count). The molecule has 1 atom stereocenters. The summed E-state index contributed by atoms with van der Waals surface area (Å²) in [5.74, 6) is -0.650. The van der Waals surface area contributed by atoms with Gasteiger partial charge in [0.15, 0.2) is 0 Å². The number of unbranched alkanes of at least 4 members (excludes halogenated alkanes) is 4. The molecular weight excluding hydrogens is 228 g/mol. The molecule has 108 valence electrons. The molecule has 1 amide bonds. The molecule has 0 aromatic carbocycles. The SMILES string of the molecule is CCCCCC(CCCCC)NCC(O)C(N)=O. The fourth-order valence-electron chi connectivity index (χ4n) is 2.01. The fraction of sp³-hybridized carbons (Fsp3) is 0.929. The third kappa shape index (κ3) is 9.42. The van der Waals surface area contributed by atoms with Crippen LogP contribution in [0.1, 0.15) is 65.2 Å². The molecule has 0 saturated carbocycles. The van der Waals surface area contributed by atoms with Gasteiger partial charge in [-0.3, -0.25) is 4.79 Å². The van der Waals surface area contributed by atoms with Crippen LogP contribution in [0.25, 0.3) is 0 Å². The van der Waals surface area contributed by atoms with Crippen LogP contribution >= 0.6 is 0 Å². The second-order valence-electron chi connectivity index (χ2n) is 5.01. The average Bonchev–Trinajstić information content (AvgIpc) is 2.35. The normalized spacial score (nSPS) is 12.9. The molecule has 4 N–H and O–H groups in total. The maximum absolute atomic E-state index is 10.8. The zero-order valence-electron chi connectivity index (χ0n) is 12.0. The van der Waals surface area contributed by atoms with E-state index in [4.69, 9.17) is 5.73 Å². The van der Waals surface area contributed by atoms with Crippen molar-refractivity contribution in [1.29, 1.82) is 0 Å². The highest BCUT2D eigenvalue weighted by atomic mass is 16.3. The van der Waals surface area contributed by atoms with E-state index in [1.807, 2.05) is 0 Å². The average molecular weight is 258 g/mol. The molecular formula is C14H30N2O2. The summed E-state index contributed by atoms with van der Waals surface area (Å²) in [6.45, 7) is 4.66. The second-order valence-corrected chi connectivity index (χ2v) is 5.01. The molecule has 0 saturated heterocycles. The minimum atomic E-state index is -1.06. The zero-order chi connectivity index (χ0) is 13.8. The summed E-state index contributed by atoms with van der Waals surface area (Å²) in [4.78, 5) is 10.8. The highest BCUT2D eigenvalue weighted by Crippen LogP contribution is 2.11. The van der Waals surface area contributed by atoms with E-state index in [2.05, 4.69) is 19.2 Å². The van der Waals surface area contributed by atoms with Crippen LogP contribution in [0.2, 0.25) is 0 Å². The number of nitrogens with two attached hydrogens (primary N) is 1. The van der Waals surface area contributed by atoms with Crippen molar-refractivity contribution in [3.8, 4) is 0 Å². The smallest absolute Gasteiger partial charge is 0.247 e. The summed E-state index contributed by atoms with van der Waals surface area (Å²) < 4.78 is 0. The summed E-state index contributed by atoms with van der Waals surface area (Å²) >= 11 is 0. The fourth-order valence-corrected chi connectivity index (χ4v) is 2.01. The second kappa shape index (κ2) is 11.5. The van der Waals surface area contributed by atoms with Crippen molar-refractivity contribution in [3.63, 3.8) is 0 Å². The minimum absolute atomic E-state index is 0.276. The monoisotopic (exact) mass is 258 g/mol. The first-order valence-corrected chi connectivity index (χ1v) is 7.32. The molecule has 0 aromatic heterocycles. The van der Waals surface area contributed by atoms with Gasteiger partial charge < -0.3 is 16.2 Å². The third-order valence-electron chi connectivity index (χ3n) is 3.24. The first kappa shape index (κ1) is 17.4. The van der Waals surface area contributed by atoms with Crippen LogP contribution in [0.15, 0.2) is 0 Å². The van der Waals surface area contributed by atoms with Crippen LogP contribution in [-0.2, 0) is 4.79 Å². The number of nitrogens with one attached hydrogen (secondary N) is 1. The Morgan fingerprint density at radius 2 is 1.61 bits per heavy atom. The standard InChI is InChI=1S/C14H30N2O2/c1-3-5-7-9-12(10-8-6-4-2)16-11-13(17)14(15)18/h12-13,16-17H,3-11H2,1-2H3,(H2,15,18). The van der Waals surface area contributed by atoms with Crippen LogP contribution in [-0.4, -0.2) is 29.7 Å². The number of hydrogen-bond acceptors (Lipinski definition) is 3. The van der Waals surface area contributed by atoms with Crippen molar-refractivity contribution in [2.75, 3.05) is 6.54 Å². The number of aliphatic hydroxyl groups excluding tert-OH is 1. The van der Waals surface area contributed by atoms with Gasteiger partial charge >= 0.3 is 0 Å². The van der Waals surface area contributed by atoms with E-state index in [-0.39, 0.29) is 6.54 Å². The van der Waals surface area contributed by atoms with Gasteiger partial charge in [0.2, 0.25) is 5.91 Å². The molecule has 0 aliphatic rings. The van der Waals surface area contributed by atoms with Crippen LogP contribution in [0.4, 0.5) is 0 Å². The Hall–Kier alpha value is -0.610. The Morgan fingerprint density at radius 3 is 2.00 bits per heavy atom. The zero-order valence-corrected chi connectivity index (χ0v) is 12.0. The van der Waals surface area contributed by atoms with E-state index >= 15 is 0 Å². The van der Waals surface area contributed by atoms with Crippen molar-refractivity contribution in [3.05, 3.63) is 0 Å². The van der Waals surface area contributed by atoms with Gasteiger partial charge in [0.1, 0.15) is 6.10 Å². The van der Waals surface area contributed by atoms with Gasteiger partial charge in [-0.05, 0) is 12.8 Å². The number of hydrogen-bond donors (Lipinski definition) is 3. The lowest BCUT2D eigenvalue weighted by Gasteiger charge is -2.20. The lowest BCUT2D eigenvalue weighted by molar-refractivity contribution is -0.125. The maximum atomic E-state index is 10.8. The molecule has 0 radical (unpaired) electrons. The summed E-state index contributed by atoms with van der Waals surface area (Å²) in [7, 11) is 0. The topological polar surface area (TPSA) is 75.3 Å². The summed E-state index contributed by atoms with van der Waals surface area (Å²) in [6, 6.07) is 0.400. The Morgan fingerprint density at radius 1 is 1.11 bits per heavy atom. The van der Waals surface area contributed by atoms with Gasteiger partial charge in [-0.1, -0.05) is 52.4 Å². The van der Waals surface area contributed by atoms with Gasteiger partial charge in [-0.2, -0.15) is 0 Å². The van der Waals surface area contributed by atoms with Crippen molar-refractivity contribution < 1.29 is 9.90 Å².